The molecule has 4 rings (SSSR count). The third-order valence-corrected chi connectivity index (χ3v) is 6.11. The van der Waals surface area contributed by atoms with E-state index in [0.29, 0.717) is 28.4 Å². The number of halogens is 1. The van der Waals surface area contributed by atoms with Gasteiger partial charge in [-0.15, -0.1) is 0 Å². The maximum Gasteiger partial charge on any atom is 0.322 e. The lowest BCUT2D eigenvalue weighted by Crippen LogP contribution is -2.46. The average molecular weight is 439 g/mol. The highest BCUT2D eigenvalue weighted by Gasteiger charge is 2.45. The predicted molar refractivity (Wildman–Crippen MR) is 117 cm³/mol. The van der Waals surface area contributed by atoms with E-state index in [0.717, 1.165) is 5.56 Å². The highest BCUT2D eigenvalue weighted by molar-refractivity contribution is 6.31. The van der Waals surface area contributed by atoms with Crippen LogP contribution in [0.5, 0.6) is 0 Å². The number of benzene rings is 2. The molecule has 8 heteroatoms. The van der Waals surface area contributed by atoms with Crippen LogP contribution in [0, 0.1) is 0 Å². The molecule has 2 aliphatic rings. The van der Waals surface area contributed by atoms with Crippen LogP contribution in [0.3, 0.4) is 0 Å². The van der Waals surface area contributed by atoms with Crippen molar-refractivity contribution in [2.75, 3.05) is 13.6 Å². The predicted octanol–water partition coefficient (Wildman–Crippen LogP) is 2.84. The number of amides is 4. The van der Waals surface area contributed by atoms with E-state index in [1.807, 2.05) is 36.4 Å². The van der Waals surface area contributed by atoms with Crippen molar-refractivity contribution in [3.8, 4) is 0 Å². The minimum absolute atomic E-state index is 0.180. The van der Waals surface area contributed by atoms with Crippen molar-refractivity contribution in [3.05, 3.63) is 82.0 Å². The summed E-state index contributed by atoms with van der Waals surface area (Å²) in [5.74, 6) is -0.539. The summed E-state index contributed by atoms with van der Waals surface area (Å²) in [6, 6.07) is 15.0. The molecule has 2 N–H and O–H groups in total. The van der Waals surface area contributed by atoms with Crippen LogP contribution in [-0.4, -0.2) is 47.3 Å². The van der Waals surface area contributed by atoms with E-state index < -0.39 is 12.1 Å². The molecule has 0 spiro atoms. The molecule has 0 saturated heterocycles. The first-order valence-electron chi connectivity index (χ1n) is 10.0. The molecule has 0 aliphatic carbocycles. The molecule has 2 aromatic rings. The van der Waals surface area contributed by atoms with Crippen LogP contribution in [0.2, 0.25) is 5.02 Å². The molecular weight excluding hydrogens is 416 g/mol. The molecule has 0 fully saturated rings. The van der Waals surface area contributed by atoms with Gasteiger partial charge in [-0.1, -0.05) is 60.1 Å². The minimum atomic E-state index is -0.697. The number of carbonyl (C=O) groups is 3. The molecule has 0 aromatic heterocycles. The molecule has 2 aliphatic heterocycles. The number of likely N-dealkylation sites (N-methyl/N-ethyl adjacent to an activating group) is 1. The molecule has 2 heterocycles. The first kappa shape index (κ1) is 20.9. The maximum absolute atomic E-state index is 13.4. The van der Waals surface area contributed by atoms with E-state index in [1.165, 1.54) is 9.80 Å². The standard InChI is InChI=1S/C23H23ClN4O3/c1-14(21(29)25-12-15-8-4-3-5-9-15)28-13-18-19(22(28)30)20(26-23(31)27(18)2)16-10-6-7-11-17(16)24/h3-11,14,20H,12-13H2,1-2H3,(H,25,29)(H,26,31). The van der Waals surface area contributed by atoms with E-state index in [9.17, 15) is 14.4 Å². The van der Waals surface area contributed by atoms with Gasteiger partial charge in [0.1, 0.15) is 6.04 Å². The molecule has 31 heavy (non-hydrogen) atoms. The molecule has 7 nitrogen and oxygen atoms in total. The summed E-state index contributed by atoms with van der Waals surface area (Å²) in [4.78, 5) is 41.6. The van der Waals surface area contributed by atoms with Gasteiger partial charge in [0.15, 0.2) is 0 Å². The van der Waals surface area contributed by atoms with Crippen molar-refractivity contribution in [3.63, 3.8) is 0 Å². The first-order valence-corrected chi connectivity index (χ1v) is 10.4. The Bertz CT molecular complexity index is 1070. The normalized spacial score (nSPS) is 19.3. The van der Waals surface area contributed by atoms with E-state index in [1.54, 1.807) is 32.2 Å². The topological polar surface area (TPSA) is 81.8 Å². The number of nitrogens with zero attached hydrogens (tertiary/aromatic N) is 2. The molecule has 2 aromatic carbocycles. The number of hydrogen-bond donors (Lipinski definition) is 2. The van der Waals surface area contributed by atoms with Crippen molar-refractivity contribution in [2.24, 2.45) is 0 Å². The van der Waals surface area contributed by atoms with Crippen LogP contribution in [0.25, 0.3) is 0 Å². The van der Waals surface area contributed by atoms with Crippen molar-refractivity contribution >= 4 is 29.4 Å². The van der Waals surface area contributed by atoms with Gasteiger partial charge in [0, 0.05) is 18.6 Å². The highest BCUT2D eigenvalue weighted by atomic mass is 35.5. The van der Waals surface area contributed by atoms with Crippen molar-refractivity contribution in [1.82, 2.24) is 20.4 Å². The van der Waals surface area contributed by atoms with Gasteiger partial charge in [0.2, 0.25) is 5.91 Å². The molecule has 2 atom stereocenters. The second kappa shape index (κ2) is 8.43. The molecular formula is C23H23ClN4O3. The molecule has 0 saturated carbocycles. The quantitative estimate of drug-likeness (QED) is 0.753. The van der Waals surface area contributed by atoms with Crippen molar-refractivity contribution in [1.29, 1.82) is 0 Å². The smallest absolute Gasteiger partial charge is 0.322 e. The fourth-order valence-corrected chi connectivity index (χ4v) is 4.16. The number of nitrogens with one attached hydrogen (secondary N) is 2. The van der Waals surface area contributed by atoms with E-state index >= 15 is 0 Å². The van der Waals surface area contributed by atoms with Crippen molar-refractivity contribution < 1.29 is 14.4 Å². The highest BCUT2D eigenvalue weighted by Crippen LogP contribution is 2.38. The fraction of sp³-hybridized carbons (Fsp3) is 0.261. The fourth-order valence-electron chi connectivity index (χ4n) is 3.92. The van der Waals surface area contributed by atoms with Crippen LogP contribution in [0.15, 0.2) is 65.9 Å². The van der Waals surface area contributed by atoms with Crippen LogP contribution in [0.4, 0.5) is 4.79 Å². The zero-order chi connectivity index (χ0) is 22.1. The van der Waals surface area contributed by atoms with Crippen LogP contribution >= 0.6 is 11.6 Å². The van der Waals surface area contributed by atoms with Gasteiger partial charge in [0.05, 0.1) is 23.9 Å². The molecule has 4 amide bonds. The molecule has 160 valence electrons. The minimum Gasteiger partial charge on any atom is -0.350 e. The summed E-state index contributed by atoms with van der Waals surface area (Å²) in [5, 5.41) is 6.20. The monoisotopic (exact) mass is 438 g/mol. The lowest BCUT2D eigenvalue weighted by atomic mass is 9.95. The molecule has 0 radical (unpaired) electrons. The van der Waals surface area contributed by atoms with E-state index in [-0.39, 0.29) is 24.4 Å². The largest absolute Gasteiger partial charge is 0.350 e. The van der Waals surface area contributed by atoms with E-state index in [4.69, 9.17) is 11.6 Å². The van der Waals surface area contributed by atoms with Gasteiger partial charge >= 0.3 is 6.03 Å². The Hall–Kier alpha value is -3.32. The summed E-state index contributed by atoms with van der Waals surface area (Å²) >= 11 is 6.35. The number of urea groups is 1. The van der Waals surface area contributed by atoms with Gasteiger partial charge in [0.25, 0.3) is 5.91 Å². The van der Waals surface area contributed by atoms with E-state index in [2.05, 4.69) is 10.6 Å². The average Bonchev–Trinajstić information content (AvgIpc) is 3.12. The maximum atomic E-state index is 13.4. The number of hydrogen-bond acceptors (Lipinski definition) is 3. The Kier molecular flexibility index (Phi) is 5.69. The van der Waals surface area contributed by atoms with Gasteiger partial charge in [-0.25, -0.2) is 4.79 Å². The molecule has 2 unspecified atom stereocenters. The number of carbonyl (C=O) groups excluding carboxylic acids is 3. The summed E-state index contributed by atoms with van der Waals surface area (Å²) in [5.41, 5.74) is 2.65. The van der Waals surface area contributed by atoms with Crippen LogP contribution in [0.1, 0.15) is 24.1 Å². The second-order valence-corrected chi connectivity index (χ2v) is 8.04. The Morgan fingerprint density at radius 2 is 1.84 bits per heavy atom. The molecule has 0 bridgehead atoms. The van der Waals surface area contributed by atoms with Gasteiger partial charge < -0.3 is 15.5 Å². The third kappa shape index (κ3) is 3.88. The lowest BCUT2D eigenvalue weighted by Gasteiger charge is -2.31. The van der Waals surface area contributed by atoms with Gasteiger partial charge in [-0.05, 0) is 24.1 Å². The summed E-state index contributed by atoms with van der Waals surface area (Å²) in [6.45, 7) is 2.25. The Balaban J connectivity index is 1.55. The van der Waals surface area contributed by atoms with Crippen molar-refractivity contribution in [2.45, 2.75) is 25.6 Å². The Morgan fingerprint density at radius 3 is 2.55 bits per heavy atom. The summed E-state index contributed by atoms with van der Waals surface area (Å²) in [7, 11) is 1.62. The Labute approximate surface area is 185 Å². The SMILES string of the molecule is CC(C(=O)NCc1ccccc1)N1CC2=C(C1=O)C(c1ccccc1Cl)NC(=O)N2C. The second-order valence-electron chi connectivity index (χ2n) is 7.64. The Morgan fingerprint density at radius 1 is 1.16 bits per heavy atom. The first-order chi connectivity index (χ1) is 14.9. The number of rotatable bonds is 5. The summed E-state index contributed by atoms with van der Waals surface area (Å²) < 4.78 is 0. The van der Waals surface area contributed by atoms with Crippen LogP contribution < -0.4 is 10.6 Å². The summed E-state index contributed by atoms with van der Waals surface area (Å²) in [6.07, 6.45) is 0. The van der Waals surface area contributed by atoms with Gasteiger partial charge in [-0.3, -0.25) is 14.5 Å². The lowest BCUT2D eigenvalue weighted by molar-refractivity contribution is -0.135. The van der Waals surface area contributed by atoms with Gasteiger partial charge in [-0.2, -0.15) is 0 Å². The van der Waals surface area contributed by atoms with Crippen LogP contribution in [-0.2, 0) is 16.1 Å². The third-order valence-electron chi connectivity index (χ3n) is 5.76. The zero-order valence-electron chi connectivity index (χ0n) is 17.3. The zero-order valence-corrected chi connectivity index (χ0v) is 18.0.